The van der Waals surface area contributed by atoms with Crippen LogP contribution in [0.1, 0.15) is 45.4 Å². The number of hydrogen-bond acceptors (Lipinski definition) is 2. The second-order valence-electron chi connectivity index (χ2n) is 4.89. The summed E-state index contributed by atoms with van der Waals surface area (Å²) in [6, 6.07) is -0.196. The lowest BCUT2D eigenvalue weighted by Crippen LogP contribution is -2.62. The van der Waals surface area contributed by atoms with E-state index < -0.39 is 5.97 Å². The Morgan fingerprint density at radius 1 is 1.36 bits per heavy atom. The monoisotopic (exact) mass is 197 g/mol. The van der Waals surface area contributed by atoms with Gasteiger partial charge in [-0.3, -0.25) is 9.69 Å². The van der Waals surface area contributed by atoms with E-state index in [1.165, 1.54) is 32.1 Å². The van der Waals surface area contributed by atoms with Crippen LogP contribution >= 0.6 is 0 Å². The molecule has 2 fully saturated rings. The van der Waals surface area contributed by atoms with Crippen LogP contribution in [0.5, 0.6) is 0 Å². The fourth-order valence-electron chi connectivity index (χ4n) is 2.89. The highest BCUT2D eigenvalue weighted by molar-refractivity contribution is 5.74. The summed E-state index contributed by atoms with van der Waals surface area (Å²) in [5, 5.41) is 9.01. The Bertz CT molecular complexity index is 233. The summed E-state index contributed by atoms with van der Waals surface area (Å²) >= 11 is 0. The summed E-state index contributed by atoms with van der Waals surface area (Å²) in [6.45, 7) is 3.22. The molecule has 0 amide bonds. The van der Waals surface area contributed by atoms with Crippen LogP contribution in [0.15, 0.2) is 0 Å². The van der Waals surface area contributed by atoms with Crippen molar-refractivity contribution in [3.63, 3.8) is 0 Å². The van der Waals surface area contributed by atoms with Crippen molar-refractivity contribution in [1.82, 2.24) is 4.90 Å². The number of rotatable bonds is 2. The van der Waals surface area contributed by atoms with Crippen molar-refractivity contribution < 1.29 is 9.90 Å². The van der Waals surface area contributed by atoms with Crippen LogP contribution in [0.25, 0.3) is 0 Å². The molecular weight excluding hydrogens is 178 g/mol. The zero-order chi connectivity index (χ0) is 10.2. The molecular formula is C11H19NO2. The molecule has 2 aliphatic rings. The van der Waals surface area contributed by atoms with Gasteiger partial charge in [0.05, 0.1) is 0 Å². The Kier molecular flexibility index (Phi) is 2.52. The van der Waals surface area contributed by atoms with Crippen LogP contribution in [-0.4, -0.2) is 34.1 Å². The highest BCUT2D eigenvalue weighted by atomic mass is 16.4. The van der Waals surface area contributed by atoms with Crippen LogP contribution in [0.3, 0.4) is 0 Å². The first kappa shape index (κ1) is 9.97. The summed E-state index contributed by atoms with van der Waals surface area (Å²) in [4.78, 5) is 13.1. The molecule has 1 N–H and O–H groups in total. The van der Waals surface area contributed by atoms with E-state index in [-0.39, 0.29) is 11.6 Å². The molecule has 3 nitrogen and oxygen atoms in total. The third-order valence-corrected chi connectivity index (χ3v) is 3.93. The average Bonchev–Trinajstić information content (AvgIpc) is 2.00. The first-order chi connectivity index (χ1) is 6.63. The minimum atomic E-state index is -0.636. The second kappa shape index (κ2) is 3.54. The number of carboxylic acid groups (broad SMARTS) is 1. The molecule has 1 saturated heterocycles. The summed E-state index contributed by atoms with van der Waals surface area (Å²) in [5.74, 6) is -0.636. The molecule has 1 heterocycles. The summed E-state index contributed by atoms with van der Waals surface area (Å²) in [6.07, 6.45) is 7.04. The zero-order valence-electron chi connectivity index (χ0n) is 8.83. The Labute approximate surface area is 85.1 Å². The minimum Gasteiger partial charge on any atom is -0.480 e. The standard InChI is InChI=1S/C11H19NO2/c1-11(6-3-2-4-7-11)12-8-5-9(12)10(13)14/h9H,2-8H2,1H3,(H,13,14). The Morgan fingerprint density at radius 3 is 2.43 bits per heavy atom. The van der Waals surface area contributed by atoms with Gasteiger partial charge in [-0.1, -0.05) is 19.3 Å². The SMILES string of the molecule is CC1(N2CCC2C(=O)O)CCCCC1. The van der Waals surface area contributed by atoms with Gasteiger partial charge < -0.3 is 5.11 Å². The number of carboxylic acids is 1. The maximum Gasteiger partial charge on any atom is 0.320 e. The quantitative estimate of drug-likeness (QED) is 0.734. The van der Waals surface area contributed by atoms with Crippen molar-refractivity contribution >= 4 is 5.97 Å². The van der Waals surface area contributed by atoms with Crippen LogP contribution < -0.4 is 0 Å². The highest BCUT2D eigenvalue weighted by Crippen LogP contribution is 2.38. The molecule has 2 rings (SSSR count). The van der Waals surface area contributed by atoms with Crippen molar-refractivity contribution in [3.8, 4) is 0 Å². The second-order valence-corrected chi connectivity index (χ2v) is 4.89. The molecule has 14 heavy (non-hydrogen) atoms. The number of nitrogens with zero attached hydrogens (tertiary/aromatic N) is 1. The van der Waals surface area contributed by atoms with Crippen molar-refractivity contribution in [3.05, 3.63) is 0 Å². The number of carbonyl (C=O) groups is 1. The van der Waals surface area contributed by atoms with Crippen molar-refractivity contribution in [2.45, 2.75) is 57.0 Å². The van der Waals surface area contributed by atoms with Crippen LogP contribution in [-0.2, 0) is 4.79 Å². The Hall–Kier alpha value is -0.570. The molecule has 0 aromatic carbocycles. The normalized spacial score (nSPS) is 32.2. The minimum absolute atomic E-state index is 0.180. The molecule has 1 aliphatic heterocycles. The molecule has 0 aromatic rings. The van der Waals surface area contributed by atoms with Gasteiger partial charge in [0, 0.05) is 12.1 Å². The van der Waals surface area contributed by atoms with Crippen molar-refractivity contribution in [2.24, 2.45) is 0 Å². The van der Waals surface area contributed by atoms with Crippen LogP contribution in [0.4, 0.5) is 0 Å². The van der Waals surface area contributed by atoms with Gasteiger partial charge in [0.15, 0.2) is 0 Å². The Morgan fingerprint density at radius 2 is 2.00 bits per heavy atom. The van der Waals surface area contributed by atoms with Gasteiger partial charge in [0.25, 0.3) is 0 Å². The van der Waals surface area contributed by atoms with E-state index in [1.54, 1.807) is 0 Å². The lowest BCUT2D eigenvalue weighted by atomic mass is 9.78. The maximum atomic E-state index is 10.9. The van der Waals surface area contributed by atoms with Crippen molar-refractivity contribution in [2.75, 3.05) is 6.54 Å². The van der Waals surface area contributed by atoms with Crippen LogP contribution in [0.2, 0.25) is 0 Å². The van der Waals surface area contributed by atoms with Gasteiger partial charge in [0.1, 0.15) is 6.04 Å². The average molecular weight is 197 g/mol. The van der Waals surface area contributed by atoms with Gasteiger partial charge in [-0.25, -0.2) is 0 Å². The molecule has 1 aliphatic carbocycles. The largest absolute Gasteiger partial charge is 0.480 e. The van der Waals surface area contributed by atoms with Gasteiger partial charge in [-0.2, -0.15) is 0 Å². The molecule has 0 aromatic heterocycles. The topological polar surface area (TPSA) is 40.5 Å². The lowest BCUT2D eigenvalue weighted by molar-refractivity contribution is -0.155. The third-order valence-electron chi connectivity index (χ3n) is 3.93. The summed E-state index contributed by atoms with van der Waals surface area (Å²) in [7, 11) is 0. The number of hydrogen-bond donors (Lipinski definition) is 1. The summed E-state index contributed by atoms with van der Waals surface area (Å²) < 4.78 is 0. The van der Waals surface area contributed by atoms with Gasteiger partial charge in [-0.05, 0) is 26.2 Å². The molecule has 0 radical (unpaired) electrons. The molecule has 0 bridgehead atoms. The van der Waals surface area contributed by atoms with Gasteiger partial charge in [-0.15, -0.1) is 0 Å². The highest BCUT2D eigenvalue weighted by Gasteiger charge is 2.45. The van der Waals surface area contributed by atoms with E-state index in [2.05, 4.69) is 11.8 Å². The third kappa shape index (κ3) is 1.54. The lowest BCUT2D eigenvalue weighted by Gasteiger charge is -2.52. The fourth-order valence-corrected chi connectivity index (χ4v) is 2.89. The smallest absolute Gasteiger partial charge is 0.320 e. The first-order valence-electron chi connectivity index (χ1n) is 5.63. The van der Waals surface area contributed by atoms with E-state index in [1.807, 2.05) is 0 Å². The number of likely N-dealkylation sites (tertiary alicyclic amines) is 1. The van der Waals surface area contributed by atoms with E-state index in [0.29, 0.717) is 0 Å². The van der Waals surface area contributed by atoms with E-state index in [9.17, 15) is 4.79 Å². The van der Waals surface area contributed by atoms with E-state index >= 15 is 0 Å². The molecule has 80 valence electrons. The molecule has 1 atom stereocenters. The molecule has 0 spiro atoms. The van der Waals surface area contributed by atoms with Crippen molar-refractivity contribution in [1.29, 1.82) is 0 Å². The molecule has 1 saturated carbocycles. The molecule has 3 heteroatoms. The zero-order valence-corrected chi connectivity index (χ0v) is 8.83. The Balaban J connectivity index is 2.02. The van der Waals surface area contributed by atoms with Gasteiger partial charge in [0.2, 0.25) is 0 Å². The van der Waals surface area contributed by atoms with Gasteiger partial charge >= 0.3 is 5.97 Å². The van der Waals surface area contributed by atoms with E-state index in [0.717, 1.165) is 13.0 Å². The van der Waals surface area contributed by atoms with E-state index in [4.69, 9.17) is 5.11 Å². The van der Waals surface area contributed by atoms with Crippen LogP contribution in [0, 0.1) is 0 Å². The summed E-state index contributed by atoms with van der Waals surface area (Å²) in [5.41, 5.74) is 0.180. The fraction of sp³-hybridized carbons (Fsp3) is 0.909. The molecule has 1 unspecified atom stereocenters. The maximum absolute atomic E-state index is 10.9. The first-order valence-corrected chi connectivity index (χ1v) is 5.63. The predicted molar refractivity (Wildman–Crippen MR) is 54.2 cm³/mol. The predicted octanol–water partition coefficient (Wildman–Crippen LogP) is 1.87. The number of aliphatic carboxylic acids is 1.